The molecule has 18 heavy (non-hydrogen) atoms. The van der Waals surface area contributed by atoms with E-state index in [0.717, 1.165) is 19.6 Å². The van der Waals surface area contributed by atoms with E-state index in [2.05, 4.69) is 82.0 Å². The topological polar surface area (TPSA) is 9.72 Å². The number of nitrogens with zero attached hydrogens (tertiary/aromatic N) is 3. The Kier molecular flexibility index (Phi) is 3.05. The van der Waals surface area contributed by atoms with Crippen molar-refractivity contribution in [3.05, 3.63) is 72.9 Å². The summed E-state index contributed by atoms with van der Waals surface area (Å²) in [6.07, 6.45) is 23.4. The number of hydrogen-bond acceptors (Lipinski definition) is 3. The first-order chi connectivity index (χ1) is 8.95. The first-order valence-corrected chi connectivity index (χ1v) is 6.29. The van der Waals surface area contributed by atoms with E-state index in [1.54, 1.807) is 0 Å². The van der Waals surface area contributed by atoms with Crippen molar-refractivity contribution in [2.24, 2.45) is 0 Å². The molecule has 0 N–H and O–H groups in total. The van der Waals surface area contributed by atoms with Gasteiger partial charge < -0.3 is 4.90 Å². The van der Waals surface area contributed by atoms with Gasteiger partial charge in [0, 0.05) is 18.9 Å². The van der Waals surface area contributed by atoms with Crippen molar-refractivity contribution in [2.45, 2.75) is 0 Å². The number of hydrazine groups is 1. The van der Waals surface area contributed by atoms with Crippen LogP contribution in [0, 0.1) is 0 Å². The zero-order valence-electron chi connectivity index (χ0n) is 10.3. The van der Waals surface area contributed by atoms with Gasteiger partial charge in [0.15, 0.2) is 0 Å². The van der Waals surface area contributed by atoms with Gasteiger partial charge in [0.25, 0.3) is 0 Å². The van der Waals surface area contributed by atoms with Gasteiger partial charge in [0.05, 0.1) is 13.1 Å². The summed E-state index contributed by atoms with van der Waals surface area (Å²) in [5, 5.41) is 4.53. The van der Waals surface area contributed by atoms with E-state index in [1.807, 2.05) is 0 Å². The lowest BCUT2D eigenvalue weighted by molar-refractivity contribution is 0.0538. The molecule has 0 aromatic heterocycles. The summed E-state index contributed by atoms with van der Waals surface area (Å²) in [6, 6.07) is 0. The first kappa shape index (κ1) is 11.0. The Morgan fingerprint density at radius 3 is 2.22 bits per heavy atom. The second-order valence-corrected chi connectivity index (χ2v) is 4.35. The van der Waals surface area contributed by atoms with E-state index < -0.39 is 0 Å². The fourth-order valence-corrected chi connectivity index (χ4v) is 2.25. The van der Waals surface area contributed by atoms with Gasteiger partial charge in [-0.05, 0) is 18.2 Å². The van der Waals surface area contributed by atoms with Gasteiger partial charge in [-0.1, -0.05) is 36.5 Å². The van der Waals surface area contributed by atoms with E-state index in [4.69, 9.17) is 0 Å². The average Bonchev–Trinajstić information content (AvgIpc) is 2.49. The molecule has 0 unspecified atom stereocenters. The molecule has 0 saturated carbocycles. The van der Waals surface area contributed by atoms with Crippen LogP contribution in [0.3, 0.4) is 0 Å². The van der Waals surface area contributed by atoms with Gasteiger partial charge in [0.1, 0.15) is 5.82 Å². The molecule has 0 aromatic carbocycles. The van der Waals surface area contributed by atoms with Crippen molar-refractivity contribution < 1.29 is 0 Å². The normalized spacial score (nSPS) is 21.8. The minimum Gasteiger partial charge on any atom is -0.330 e. The highest BCUT2D eigenvalue weighted by atomic mass is 15.7. The molecule has 0 atom stereocenters. The molecule has 3 heterocycles. The summed E-state index contributed by atoms with van der Waals surface area (Å²) in [5.41, 5.74) is 0. The number of rotatable bonds is 2. The number of allylic oxidation sites excluding steroid dienone is 6. The van der Waals surface area contributed by atoms with E-state index in [0.29, 0.717) is 0 Å². The molecule has 3 aliphatic rings. The zero-order chi connectivity index (χ0) is 12.2. The summed E-state index contributed by atoms with van der Waals surface area (Å²) in [4.78, 5) is 2.26. The third-order valence-corrected chi connectivity index (χ3v) is 3.14. The Balaban J connectivity index is 1.81. The maximum Gasteiger partial charge on any atom is 0.128 e. The van der Waals surface area contributed by atoms with E-state index in [1.165, 1.54) is 5.82 Å². The molecule has 0 aromatic rings. The minimum absolute atomic E-state index is 0.915. The fraction of sp³-hybridized carbons (Fsp3) is 0.200. The van der Waals surface area contributed by atoms with Gasteiger partial charge in [-0.15, -0.1) is 0 Å². The molecule has 3 aliphatic heterocycles. The van der Waals surface area contributed by atoms with Crippen molar-refractivity contribution in [3.63, 3.8) is 0 Å². The first-order valence-electron chi connectivity index (χ1n) is 6.29. The third kappa shape index (κ3) is 2.12. The largest absolute Gasteiger partial charge is 0.330 e. The van der Waals surface area contributed by atoms with Crippen LogP contribution in [0.4, 0.5) is 0 Å². The average molecular weight is 239 g/mol. The van der Waals surface area contributed by atoms with Crippen LogP contribution >= 0.6 is 0 Å². The van der Waals surface area contributed by atoms with Crippen molar-refractivity contribution in [3.8, 4) is 0 Å². The van der Waals surface area contributed by atoms with Crippen molar-refractivity contribution >= 4 is 0 Å². The van der Waals surface area contributed by atoms with Crippen LogP contribution in [0.25, 0.3) is 0 Å². The quantitative estimate of drug-likeness (QED) is 0.732. The predicted octanol–water partition coefficient (Wildman–Crippen LogP) is 2.39. The maximum absolute atomic E-state index is 2.30. The molecule has 0 amide bonds. The Bertz CT molecular complexity index is 480. The molecule has 92 valence electrons. The molecule has 3 heteroatoms. The summed E-state index contributed by atoms with van der Waals surface area (Å²) in [6.45, 7) is 2.77. The summed E-state index contributed by atoms with van der Waals surface area (Å²) < 4.78 is 0. The molecule has 0 fully saturated rings. The summed E-state index contributed by atoms with van der Waals surface area (Å²) >= 11 is 0. The second kappa shape index (κ2) is 5.00. The summed E-state index contributed by atoms with van der Waals surface area (Å²) in [7, 11) is 0. The molecule has 0 aliphatic carbocycles. The molecule has 0 radical (unpaired) electrons. The fourth-order valence-electron chi connectivity index (χ4n) is 2.25. The molecular formula is C15H17N3. The van der Waals surface area contributed by atoms with Gasteiger partial charge in [0.2, 0.25) is 0 Å². The van der Waals surface area contributed by atoms with Gasteiger partial charge in [-0.2, -0.15) is 0 Å². The third-order valence-electron chi connectivity index (χ3n) is 3.14. The van der Waals surface area contributed by atoms with E-state index >= 15 is 0 Å². The van der Waals surface area contributed by atoms with Crippen LogP contribution in [0.15, 0.2) is 72.9 Å². The molecule has 0 bridgehead atoms. The lowest BCUT2D eigenvalue weighted by atomic mass is 10.3. The summed E-state index contributed by atoms with van der Waals surface area (Å²) in [5.74, 6) is 1.22. The SMILES string of the molecule is C1=CCN(C2=CC=CCN2N2C=CC=CC2)C=C1. The zero-order valence-corrected chi connectivity index (χ0v) is 10.3. The Morgan fingerprint density at radius 1 is 0.722 bits per heavy atom. The molecule has 3 nitrogen and oxygen atoms in total. The molecule has 0 spiro atoms. The van der Waals surface area contributed by atoms with Crippen LogP contribution < -0.4 is 0 Å². The highest BCUT2D eigenvalue weighted by molar-refractivity contribution is 5.23. The minimum atomic E-state index is 0.915. The van der Waals surface area contributed by atoms with Gasteiger partial charge in [-0.25, -0.2) is 0 Å². The lowest BCUT2D eigenvalue weighted by Crippen LogP contribution is -2.44. The standard InChI is InChI=1S/C15H17N3/c1-4-10-16(11-5-1)15-9-3-8-14-18(15)17-12-6-2-7-13-17/h1-10,12H,11,13-14H2. The number of hydrogen-bond donors (Lipinski definition) is 0. The Labute approximate surface area is 108 Å². The highest BCUT2D eigenvalue weighted by Gasteiger charge is 2.20. The Hall–Kier alpha value is -2.16. The lowest BCUT2D eigenvalue weighted by Gasteiger charge is -2.41. The monoisotopic (exact) mass is 239 g/mol. The molecular weight excluding hydrogens is 222 g/mol. The van der Waals surface area contributed by atoms with Gasteiger partial charge in [-0.3, -0.25) is 10.0 Å². The Morgan fingerprint density at radius 2 is 1.50 bits per heavy atom. The van der Waals surface area contributed by atoms with Gasteiger partial charge >= 0.3 is 0 Å². The van der Waals surface area contributed by atoms with Crippen LogP contribution in [-0.2, 0) is 0 Å². The van der Waals surface area contributed by atoms with Crippen LogP contribution in [0.1, 0.15) is 0 Å². The van der Waals surface area contributed by atoms with Crippen LogP contribution in [-0.4, -0.2) is 34.6 Å². The van der Waals surface area contributed by atoms with E-state index in [9.17, 15) is 0 Å². The highest BCUT2D eigenvalue weighted by Crippen LogP contribution is 2.20. The molecule has 0 saturated heterocycles. The van der Waals surface area contributed by atoms with Crippen LogP contribution in [0.5, 0.6) is 0 Å². The second-order valence-electron chi connectivity index (χ2n) is 4.35. The molecule has 3 rings (SSSR count). The van der Waals surface area contributed by atoms with Crippen molar-refractivity contribution in [2.75, 3.05) is 19.6 Å². The van der Waals surface area contributed by atoms with Crippen molar-refractivity contribution in [1.82, 2.24) is 14.9 Å². The maximum atomic E-state index is 2.30. The van der Waals surface area contributed by atoms with Crippen molar-refractivity contribution in [1.29, 1.82) is 0 Å². The smallest absolute Gasteiger partial charge is 0.128 e. The van der Waals surface area contributed by atoms with Crippen LogP contribution in [0.2, 0.25) is 0 Å². The van der Waals surface area contributed by atoms with E-state index in [-0.39, 0.29) is 0 Å². The predicted molar refractivity (Wildman–Crippen MR) is 73.9 cm³/mol.